The van der Waals surface area contributed by atoms with Crippen molar-refractivity contribution in [1.82, 2.24) is 4.98 Å². The van der Waals surface area contributed by atoms with Gasteiger partial charge < -0.3 is 19.5 Å². The van der Waals surface area contributed by atoms with Gasteiger partial charge in [-0.15, -0.1) is 11.3 Å². The third-order valence-corrected chi connectivity index (χ3v) is 5.21. The van der Waals surface area contributed by atoms with E-state index in [0.717, 1.165) is 17.0 Å². The van der Waals surface area contributed by atoms with Crippen LogP contribution in [0.4, 0.5) is 10.7 Å². The minimum Gasteiger partial charge on any atom is -0.459 e. The highest BCUT2D eigenvalue weighted by atomic mass is 32.1. The van der Waals surface area contributed by atoms with Crippen LogP contribution >= 0.6 is 11.3 Å². The average Bonchev–Trinajstić information content (AvgIpc) is 3.44. The average molecular weight is 407 g/mol. The Kier molecular flexibility index (Phi) is 5.01. The van der Waals surface area contributed by atoms with Gasteiger partial charge in [-0.25, -0.2) is 4.98 Å². The number of rotatable bonds is 5. The fourth-order valence-corrected chi connectivity index (χ4v) is 3.42. The Hall–Kier alpha value is -3.65. The van der Waals surface area contributed by atoms with Crippen molar-refractivity contribution in [2.75, 3.05) is 10.6 Å². The Morgan fingerprint density at radius 1 is 1.00 bits per heavy atom. The molecule has 3 heterocycles. The lowest BCUT2D eigenvalue weighted by atomic mass is 10.2. The Morgan fingerprint density at radius 3 is 2.59 bits per heavy atom. The molecular formula is C21H17N3O4S. The number of aromatic nitrogens is 1. The van der Waals surface area contributed by atoms with Crippen LogP contribution in [0.25, 0.3) is 11.5 Å². The van der Waals surface area contributed by atoms with Gasteiger partial charge in [0.1, 0.15) is 5.76 Å². The molecule has 0 fully saturated rings. The molecule has 0 aliphatic heterocycles. The number of oxazole rings is 1. The van der Waals surface area contributed by atoms with Crippen molar-refractivity contribution in [3.05, 3.63) is 76.9 Å². The Labute approximate surface area is 170 Å². The summed E-state index contributed by atoms with van der Waals surface area (Å²) in [6.07, 6.45) is 1.43. The van der Waals surface area contributed by atoms with Gasteiger partial charge in [0.2, 0.25) is 5.89 Å². The molecule has 0 aliphatic rings. The standard InChI is InChI=1S/C21H17N3O4S/c1-12-13(2)28-21(22-12)14-5-3-6-15(11-14)23-20(26)17-8-9-18(29-17)24-19(25)16-7-4-10-27-16/h3-11H,1-2H3,(H,23,26)(H,24,25). The monoisotopic (exact) mass is 407 g/mol. The van der Waals surface area contributed by atoms with Gasteiger partial charge in [-0.1, -0.05) is 6.07 Å². The number of amides is 2. The molecule has 4 aromatic rings. The van der Waals surface area contributed by atoms with Crippen molar-refractivity contribution in [3.63, 3.8) is 0 Å². The molecular weight excluding hydrogens is 390 g/mol. The smallest absolute Gasteiger partial charge is 0.291 e. The third kappa shape index (κ3) is 4.12. The van der Waals surface area contributed by atoms with E-state index in [0.29, 0.717) is 21.5 Å². The van der Waals surface area contributed by atoms with Crippen LogP contribution in [0, 0.1) is 13.8 Å². The molecule has 0 unspecified atom stereocenters. The fraction of sp³-hybridized carbons (Fsp3) is 0.0952. The zero-order valence-corrected chi connectivity index (χ0v) is 16.5. The van der Waals surface area contributed by atoms with Gasteiger partial charge in [0.05, 0.1) is 21.8 Å². The largest absolute Gasteiger partial charge is 0.459 e. The minimum atomic E-state index is -0.368. The first-order chi connectivity index (χ1) is 14.0. The molecule has 0 saturated heterocycles. The van der Waals surface area contributed by atoms with Crippen LogP contribution in [-0.4, -0.2) is 16.8 Å². The van der Waals surface area contributed by atoms with E-state index in [1.807, 2.05) is 26.0 Å². The number of carbonyl (C=O) groups is 2. The summed E-state index contributed by atoms with van der Waals surface area (Å²) < 4.78 is 10.7. The molecule has 0 radical (unpaired) electrons. The number of hydrogen-bond acceptors (Lipinski definition) is 6. The second-order valence-corrected chi connectivity index (χ2v) is 7.37. The molecule has 7 nitrogen and oxygen atoms in total. The van der Waals surface area contributed by atoms with Gasteiger partial charge >= 0.3 is 0 Å². The quantitative estimate of drug-likeness (QED) is 0.479. The van der Waals surface area contributed by atoms with E-state index in [2.05, 4.69) is 15.6 Å². The second kappa shape index (κ2) is 7.76. The number of anilines is 2. The van der Waals surface area contributed by atoms with E-state index in [4.69, 9.17) is 8.83 Å². The molecule has 4 rings (SSSR count). The number of aryl methyl sites for hydroxylation is 2. The van der Waals surface area contributed by atoms with E-state index in [9.17, 15) is 9.59 Å². The van der Waals surface area contributed by atoms with E-state index < -0.39 is 0 Å². The van der Waals surface area contributed by atoms with Gasteiger partial charge in [-0.2, -0.15) is 0 Å². The van der Waals surface area contributed by atoms with Crippen molar-refractivity contribution in [3.8, 4) is 11.5 Å². The summed E-state index contributed by atoms with van der Waals surface area (Å²) >= 11 is 1.18. The van der Waals surface area contributed by atoms with Crippen LogP contribution in [0.5, 0.6) is 0 Å². The van der Waals surface area contributed by atoms with E-state index in [-0.39, 0.29) is 17.6 Å². The zero-order valence-electron chi connectivity index (χ0n) is 15.7. The summed E-state index contributed by atoms with van der Waals surface area (Å²) in [4.78, 5) is 29.5. The van der Waals surface area contributed by atoms with Crippen molar-refractivity contribution < 1.29 is 18.4 Å². The Bertz CT molecular complexity index is 1150. The predicted octanol–water partition coefficient (Wildman–Crippen LogP) is 5.12. The maximum absolute atomic E-state index is 12.6. The molecule has 0 atom stereocenters. The molecule has 0 bridgehead atoms. The third-order valence-electron chi connectivity index (χ3n) is 4.21. The first kappa shape index (κ1) is 18.7. The normalized spacial score (nSPS) is 10.7. The van der Waals surface area contributed by atoms with Gasteiger partial charge in [0.15, 0.2) is 5.76 Å². The fourth-order valence-electron chi connectivity index (χ4n) is 2.63. The summed E-state index contributed by atoms with van der Waals surface area (Å²) in [6, 6.07) is 13.8. The SMILES string of the molecule is Cc1nc(-c2cccc(NC(=O)c3ccc(NC(=O)c4ccco4)s3)c2)oc1C. The highest BCUT2D eigenvalue weighted by Crippen LogP contribution is 2.26. The highest BCUT2D eigenvalue weighted by Gasteiger charge is 2.14. The van der Waals surface area contributed by atoms with Crippen molar-refractivity contribution in [2.45, 2.75) is 13.8 Å². The lowest BCUT2D eigenvalue weighted by molar-refractivity contribution is 0.0995. The number of furan rings is 1. The first-order valence-corrected chi connectivity index (χ1v) is 9.62. The molecule has 0 saturated carbocycles. The number of hydrogen-bond donors (Lipinski definition) is 2. The predicted molar refractivity (Wildman–Crippen MR) is 110 cm³/mol. The van der Waals surface area contributed by atoms with E-state index in [1.54, 1.807) is 36.4 Å². The number of carbonyl (C=O) groups excluding carboxylic acids is 2. The second-order valence-electron chi connectivity index (χ2n) is 6.29. The van der Waals surface area contributed by atoms with Crippen molar-refractivity contribution in [1.29, 1.82) is 0 Å². The van der Waals surface area contributed by atoms with Crippen LogP contribution in [0.3, 0.4) is 0 Å². The van der Waals surface area contributed by atoms with Gasteiger partial charge in [0, 0.05) is 11.3 Å². The zero-order chi connectivity index (χ0) is 20.4. The molecule has 8 heteroatoms. The van der Waals surface area contributed by atoms with Crippen molar-refractivity contribution >= 4 is 33.8 Å². The number of nitrogens with one attached hydrogen (secondary N) is 2. The molecule has 2 N–H and O–H groups in total. The van der Waals surface area contributed by atoms with Crippen LogP contribution in [-0.2, 0) is 0 Å². The van der Waals surface area contributed by atoms with E-state index in [1.165, 1.54) is 17.6 Å². The summed E-state index contributed by atoms with van der Waals surface area (Å²) in [7, 11) is 0. The maximum atomic E-state index is 12.6. The molecule has 146 valence electrons. The molecule has 29 heavy (non-hydrogen) atoms. The topological polar surface area (TPSA) is 97.4 Å². The molecule has 2 amide bonds. The number of benzene rings is 1. The maximum Gasteiger partial charge on any atom is 0.291 e. The van der Waals surface area contributed by atoms with Gasteiger partial charge in [0.25, 0.3) is 11.8 Å². The molecule has 0 spiro atoms. The van der Waals surface area contributed by atoms with Crippen LogP contribution in [0.1, 0.15) is 31.7 Å². The number of nitrogens with zero attached hydrogens (tertiary/aromatic N) is 1. The Morgan fingerprint density at radius 2 is 1.86 bits per heavy atom. The van der Waals surface area contributed by atoms with Crippen molar-refractivity contribution in [2.24, 2.45) is 0 Å². The molecule has 0 aliphatic carbocycles. The van der Waals surface area contributed by atoms with Gasteiger partial charge in [-0.3, -0.25) is 9.59 Å². The van der Waals surface area contributed by atoms with Gasteiger partial charge in [-0.05, 0) is 56.3 Å². The number of thiophene rings is 1. The molecule has 3 aromatic heterocycles. The molecule has 1 aromatic carbocycles. The summed E-state index contributed by atoms with van der Waals surface area (Å²) in [6.45, 7) is 3.74. The van der Waals surface area contributed by atoms with Crippen LogP contribution < -0.4 is 10.6 Å². The minimum absolute atomic E-state index is 0.207. The summed E-state index contributed by atoms with van der Waals surface area (Å²) in [5, 5.41) is 6.11. The summed E-state index contributed by atoms with van der Waals surface area (Å²) in [5.74, 6) is 0.837. The lowest BCUT2D eigenvalue weighted by Crippen LogP contribution is -2.10. The first-order valence-electron chi connectivity index (χ1n) is 8.80. The Balaban J connectivity index is 1.45. The highest BCUT2D eigenvalue weighted by molar-refractivity contribution is 7.18. The van der Waals surface area contributed by atoms with E-state index >= 15 is 0 Å². The lowest BCUT2D eigenvalue weighted by Gasteiger charge is -2.05. The summed E-state index contributed by atoms with van der Waals surface area (Å²) in [5.41, 5.74) is 2.23. The van der Waals surface area contributed by atoms with Crippen LogP contribution in [0.15, 0.2) is 63.6 Å². The van der Waals surface area contributed by atoms with Crippen LogP contribution in [0.2, 0.25) is 0 Å².